The third kappa shape index (κ3) is 4.27. The molecule has 1 aliphatic heterocycles. The number of hydrogen-bond donors (Lipinski definition) is 1. The van der Waals surface area contributed by atoms with Crippen LogP contribution in [0.5, 0.6) is 0 Å². The zero-order valence-electron chi connectivity index (χ0n) is 14.7. The van der Waals surface area contributed by atoms with Gasteiger partial charge < -0.3 is 10.1 Å². The molecule has 134 valence electrons. The number of amides is 1. The normalized spacial score (nSPS) is 20.0. The van der Waals surface area contributed by atoms with E-state index in [0.717, 1.165) is 17.7 Å². The summed E-state index contributed by atoms with van der Waals surface area (Å²) < 4.78 is 5.15. The van der Waals surface area contributed by atoms with Crippen LogP contribution in [0.4, 0.5) is 5.69 Å². The summed E-state index contributed by atoms with van der Waals surface area (Å²) in [6.45, 7) is 1.57. The van der Waals surface area contributed by atoms with Crippen LogP contribution < -0.4 is 5.32 Å². The van der Waals surface area contributed by atoms with E-state index in [4.69, 9.17) is 4.74 Å². The third-order valence-corrected chi connectivity index (χ3v) is 5.34. The first-order chi connectivity index (χ1) is 12.0. The molecular formula is C20H25NO4. The van der Waals surface area contributed by atoms with E-state index in [1.54, 1.807) is 25.1 Å². The average molecular weight is 343 g/mol. The Labute approximate surface area is 148 Å². The van der Waals surface area contributed by atoms with Crippen molar-refractivity contribution in [2.75, 3.05) is 11.9 Å². The second-order valence-electron chi connectivity index (χ2n) is 7.14. The Morgan fingerprint density at radius 1 is 1.20 bits per heavy atom. The van der Waals surface area contributed by atoms with Crippen LogP contribution in [0.1, 0.15) is 73.7 Å². The first kappa shape index (κ1) is 17.6. The number of fused-ring (bicyclic) bond motifs is 1. The van der Waals surface area contributed by atoms with Crippen LogP contribution in [0.15, 0.2) is 18.2 Å². The molecule has 5 nitrogen and oxygen atoms in total. The summed E-state index contributed by atoms with van der Waals surface area (Å²) in [7, 11) is 0. The van der Waals surface area contributed by atoms with Gasteiger partial charge in [-0.15, -0.1) is 0 Å². The Balaban J connectivity index is 1.48. The minimum Gasteiger partial charge on any atom is -0.457 e. The van der Waals surface area contributed by atoms with Crippen LogP contribution in [-0.4, -0.2) is 24.3 Å². The van der Waals surface area contributed by atoms with Crippen LogP contribution in [0, 0.1) is 5.92 Å². The topological polar surface area (TPSA) is 72.5 Å². The van der Waals surface area contributed by atoms with Crippen molar-refractivity contribution in [3.8, 4) is 0 Å². The maximum atomic E-state index is 12.3. The van der Waals surface area contributed by atoms with Gasteiger partial charge in [0.25, 0.3) is 0 Å². The van der Waals surface area contributed by atoms with Gasteiger partial charge in [0.05, 0.1) is 5.92 Å². The van der Waals surface area contributed by atoms with Gasteiger partial charge in [-0.25, -0.2) is 0 Å². The van der Waals surface area contributed by atoms with Crippen LogP contribution in [0.2, 0.25) is 0 Å². The lowest BCUT2D eigenvalue weighted by Gasteiger charge is -2.20. The second-order valence-corrected chi connectivity index (χ2v) is 7.14. The van der Waals surface area contributed by atoms with E-state index in [9.17, 15) is 14.4 Å². The van der Waals surface area contributed by atoms with Crippen molar-refractivity contribution in [1.82, 2.24) is 0 Å². The largest absolute Gasteiger partial charge is 0.457 e. The van der Waals surface area contributed by atoms with Gasteiger partial charge in [0, 0.05) is 17.7 Å². The number of anilines is 1. The van der Waals surface area contributed by atoms with Crippen LogP contribution in [0.3, 0.4) is 0 Å². The summed E-state index contributed by atoms with van der Waals surface area (Å²) in [6.07, 6.45) is 7.46. The lowest BCUT2D eigenvalue weighted by molar-refractivity contribution is -0.142. The third-order valence-electron chi connectivity index (χ3n) is 5.34. The van der Waals surface area contributed by atoms with Crippen molar-refractivity contribution in [1.29, 1.82) is 0 Å². The Morgan fingerprint density at radius 3 is 2.72 bits per heavy atom. The van der Waals surface area contributed by atoms with Crippen molar-refractivity contribution in [3.05, 3.63) is 29.3 Å². The Morgan fingerprint density at radius 2 is 1.96 bits per heavy atom. The maximum Gasteiger partial charge on any atom is 0.306 e. The molecule has 1 atom stereocenters. The quantitative estimate of drug-likeness (QED) is 0.629. The number of carbonyl (C=O) groups excluding carboxylic acids is 3. The second kappa shape index (κ2) is 7.81. The van der Waals surface area contributed by atoms with E-state index in [-0.39, 0.29) is 30.2 Å². The van der Waals surface area contributed by atoms with E-state index < -0.39 is 0 Å². The SMILES string of the molecule is C[C@@H]1C(=O)Nc2ccc(C(=O)COC(=O)CCC3CCCCC3)cc21. The Bertz CT molecular complexity index is 676. The van der Waals surface area contributed by atoms with E-state index in [1.807, 2.05) is 0 Å². The number of carbonyl (C=O) groups is 3. The summed E-state index contributed by atoms with van der Waals surface area (Å²) in [5.74, 6) is -0.236. The van der Waals surface area contributed by atoms with Gasteiger partial charge in [-0.2, -0.15) is 0 Å². The van der Waals surface area contributed by atoms with E-state index in [1.165, 1.54) is 32.1 Å². The Hall–Kier alpha value is -2.17. The molecule has 1 saturated carbocycles. The van der Waals surface area contributed by atoms with Gasteiger partial charge in [0.2, 0.25) is 5.91 Å². The van der Waals surface area contributed by atoms with Gasteiger partial charge in [-0.1, -0.05) is 32.1 Å². The highest BCUT2D eigenvalue weighted by Gasteiger charge is 2.27. The highest BCUT2D eigenvalue weighted by atomic mass is 16.5. The molecule has 25 heavy (non-hydrogen) atoms. The lowest BCUT2D eigenvalue weighted by atomic mass is 9.86. The molecule has 0 radical (unpaired) electrons. The lowest BCUT2D eigenvalue weighted by Crippen LogP contribution is -2.16. The van der Waals surface area contributed by atoms with Gasteiger partial charge in [0.1, 0.15) is 0 Å². The van der Waals surface area contributed by atoms with Crippen LogP contribution in [-0.2, 0) is 14.3 Å². The molecule has 1 fully saturated rings. The zero-order chi connectivity index (χ0) is 17.8. The molecule has 3 rings (SSSR count). The molecule has 1 aliphatic carbocycles. The minimum atomic E-state index is -0.301. The summed E-state index contributed by atoms with van der Waals surface area (Å²) in [6, 6.07) is 5.11. The predicted octanol–water partition coefficient (Wildman–Crippen LogP) is 3.83. The summed E-state index contributed by atoms with van der Waals surface area (Å²) in [5.41, 5.74) is 2.04. The van der Waals surface area contributed by atoms with E-state index in [2.05, 4.69) is 5.32 Å². The fraction of sp³-hybridized carbons (Fsp3) is 0.550. The number of rotatable bonds is 6. The average Bonchev–Trinajstić information content (AvgIpc) is 2.92. The molecule has 5 heteroatoms. The minimum absolute atomic E-state index is 0.0614. The Kier molecular flexibility index (Phi) is 5.51. The van der Waals surface area contributed by atoms with Gasteiger partial charge in [0.15, 0.2) is 12.4 Å². The molecule has 0 unspecified atom stereocenters. The van der Waals surface area contributed by atoms with Crippen LogP contribution in [0.25, 0.3) is 0 Å². The van der Waals surface area contributed by atoms with Crippen molar-refractivity contribution in [3.63, 3.8) is 0 Å². The van der Waals surface area contributed by atoms with E-state index >= 15 is 0 Å². The number of ketones is 1. The molecule has 0 spiro atoms. The van der Waals surface area contributed by atoms with Gasteiger partial charge in [-0.3, -0.25) is 14.4 Å². The first-order valence-electron chi connectivity index (χ1n) is 9.18. The molecule has 2 aliphatic rings. The zero-order valence-corrected chi connectivity index (χ0v) is 14.7. The summed E-state index contributed by atoms with van der Waals surface area (Å²) in [5, 5.41) is 2.78. The monoisotopic (exact) mass is 343 g/mol. The fourth-order valence-electron chi connectivity index (χ4n) is 3.69. The summed E-state index contributed by atoms with van der Waals surface area (Å²) >= 11 is 0. The number of esters is 1. The van der Waals surface area contributed by atoms with Crippen molar-refractivity contribution in [2.24, 2.45) is 5.92 Å². The van der Waals surface area contributed by atoms with Crippen molar-refractivity contribution < 1.29 is 19.1 Å². The highest BCUT2D eigenvalue weighted by Crippen LogP contribution is 2.32. The van der Waals surface area contributed by atoms with Gasteiger partial charge in [-0.05, 0) is 43.0 Å². The van der Waals surface area contributed by atoms with E-state index in [0.29, 0.717) is 17.9 Å². The van der Waals surface area contributed by atoms with Crippen molar-refractivity contribution in [2.45, 2.75) is 57.8 Å². The molecular weight excluding hydrogens is 318 g/mol. The number of ether oxygens (including phenoxy) is 1. The molecule has 0 saturated heterocycles. The number of nitrogens with one attached hydrogen (secondary N) is 1. The summed E-state index contributed by atoms with van der Waals surface area (Å²) in [4.78, 5) is 35.8. The fourth-order valence-corrected chi connectivity index (χ4v) is 3.69. The molecule has 1 aromatic carbocycles. The van der Waals surface area contributed by atoms with Crippen LogP contribution >= 0.6 is 0 Å². The molecule has 0 aromatic heterocycles. The molecule has 0 bridgehead atoms. The predicted molar refractivity (Wildman–Crippen MR) is 94.6 cm³/mol. The smallest absolute Gasteiger partial charge is 0.306 e. The molecule has 1 amide bonds. The first-order valence-corrected chi connectivity index (χ1v) is 9.18. The number of Topliss-reactive ketones (excluding diaryl/α,β-unsaturated/α-hetero) is 1. The molecule has 1 aromatic rings. The highest BCUT2D eigenvalue weighted by molar-refractivity contribution is 6.05. The molecule has 1 heterocycles. The number of benzene rings is 1. The number of hydrogen-bond acceptors (Lipinski definition) is 4. The maximum absolute atomic E-state index is 12.3. The van der Waals surface area contributed by atoms with Crippen molar-refractivity contribution >= 4 is 23.3 Å². The molecule has 1 N–H and O–H groups in total. The van der Waals surface area contributed by atoms with Gasteiger partial charge >= 0.3 is 5.97 Å². The standard InChI is InChI=1S/C20H25NO4/c1-13-16-11-15(8-9-17(16)21-20(13)24)18(22)12-25-19(23)10-7-14-5-3-2-4-6-14/h8-9,11,13-14H,2-7,10,12H2,1H3,(H,21,24)/t13-/m0/s1.